The first kappa shape index (κ1) is 17.1. The van der Waals surface area contributed by atoms with Gasteiger partial charge >= 0.3 is 5.97 Å². The highest BCUT2D eigenvalue weighted by Gasteiger charge is 2.51. The fraction of sp³-hybridized carbons (Fsp3) is 0.667. The van der Waals surface area contributed by atoms with E-state index in [1.54, 1.807) is 6.92 Å². The van der Waals surface area contributed by atoms with Gasteiger partial charge in [-0.05, 0) is 44.4 Å². The van der Waals surface area contributed by atoms with Gasteiger partial charge in [-0.15, -0.1) is 0 Å². The van der Waals surface area contributed by atoms with Gasteiger partial charge in [0.2, 0.25) is 11.7 Å². The van der Waals surface area contributed by atoms with Crippen LogP contribution in [-0.4, -0.2) is 63.4 Å². The summed E-state index contributed by atoms with van der Waals surface area (Å²) in [4.78, 5) is 44.1. The molecule has 140 valence electrons. The average Bonchev–Trinajstić information content (AvgIpc) is 3.28. The Morgan fingerprint density at radius 1 is 1.27 bits per heavy atom. The maximum absolute atomic E-state index is 12.8. The zero-order chi connectivity index (χ0) is 18.5. The molecule has 2 amide bonds. The summed E-state index contributed by atoms with van der Waals surface area (Å²) >= 11 is 0. The SMILES string of the molecule is Cc1ncoc1C(=O)N1CC2(CCN(C(=O)C3CC3)CC2)C[C@@H]1C(=O)O. The summed E-state index contributed by atoms with van der Waals surface area (Å²) in [6.45, 7) is 3.34. The third-order valence-corrected chi connectivity index (χ3v) is 6.06. The quantitative estimate of drug-likeness (QED) is 0.870. The third kappa shape index (κ3) is 2.87. The highest BCUT2D eigenvalue weighted by Crippen LogP contribution is 2.45. The molecule has 1 aromatic rings. The normalized spacial score (nSPS) is 24.9. The second kappa shape index (κ2) is 6.10. The van der Waals surface area contributed by atoms with Gasteiger partial charge in [0.05, 0.1) is 5.69 Å². The fourth-order valence-corrected chi connectivity index (χ4v) is 4.28. The average molecular weight is 361 g/mol. The first-order valence-electron chi connectivity index (χ1n) is 9.13. The van der Waals surface area contributed by atoms with Gasteiger partial charge in [-0.25, -0.2) is 9.78 Å². The lowest BCUT2D eigenvalue weighted by Crippen LogP contribution is -2.45. The van der Waals surface area contributed by atoms with Crippen LogP contribution in [0, 0.1) is 18.3 Å². The number of oxazole rings is 1. The maximum atomic E-state index is 12.8. The molecule has 2 aliphatic heterocycles. The summed E-state index contributed by atoms with van der Waals surface area (Å²) in [6.07, 6.45) is 5.06. The zero-order valence-electron chi connectivity index (χ0n) is 14.8. The number of carbonyl (C=O) groups is 3. The largest absolute Gasteiger partial charge is 0.480 e. The molecular weight excluding hydrogens is 338 g/mol. The zero-order valence-corrected chi connectivity index (χ0v) is 14.8. The molecule has 0 bridgehead atoms. The fourth-order valence-electron chi connectivity index (χ4n) is 4.28. The van der Waals surface area contributed by atoms with Crippen LogP contribution < -0.4 is 0 Å². The number of carbonyl (C=O) groups excluding carboxylic acids is 2. The van der Waals surface area contributed by atoms with Crippen LogP contribution in [0.1, 0.15) is 48.4 Å². The molecule has 0 radical (unpaired) electrons. The van der Waals surface area contributed by atoms with Gasteiger partial charge in [-0.3, -0.25) is 9.59 Å². The number of piperidine rings is 1. The van der Waals surface area contributed by atoms with E-state index in [2.05, 4.69) is 4.98 Å². The Morgan fingerprint density at radius 2 is 1.96 bits per heavy atom. The minimum absolute atomic E-state index is 0.106. The highest BCUT2D eigenvalue weighted by molar-refractivity contribution is 5.95. The molecule has 3 aliphatic rings. The van der Waals surface area contributed by atoms with Crippen molar-refractivity contribution in [3.8, 4) is 0 Å². The Kier molecular flexibility index (Phi) is 4.00. The summed E-state index contributed by atoms with van der Waals surface area (Å²) in [6, 6.07) is -0.863. The number of aryl methyl sites for hydroxylation is 1. The molecule has 0 aromatic carbocycles. The monoisotopic (exact) mass is 361 g/mol. The van der Waals surface area contributed by atoms with Crippen molar-refractivity contribution in [2.75, 3.05) is 19.6 Å². The van der Waals surface area contributed by atoms with Gasteiger partial charge in [0.1, 0.15) is 6.04 Å². The van der Waals surface area contributed by atoms with Crippen molar-refractivity contribution in [3.05, 3.63) is 17.8 Å². The van der Waals surface area contributed by atoms with Gasteiger partial charge in [-0.2, -0.15) is 0 Å². The van der Waals surface area contributed by atoms with E-state index in [4.69, 9.17) is 4.42 Å². The molecule has 1 saturated carbocycles. The smallest absolute Gasteiger partial charge is 0.326 e. The minimum Gasteiger partial charge on any atom is -0.480 e. The van der Waals surface area contributed by atoms with Crippen LogP contribution in [0.2, 0.25) is 0 Å². The van der Waals surface area contributed by atoms with E-state index in [1.165, 1.54) is 11.3 Å². The summed E-state index contributed by atoms with van der Waals surface area (Å²) in [5, 5.41) is 9.63. The molecule has 1 aromatic heterocycles. The first-order chi connectivity index (χ1) is 12.4. The molecule has 8 nitrogen and oxygen atoms in total. The van der Waals surface area contributed by atoms with E-state index in [9.17, 15) is 19.5 Å². The summed E-state index contributed by atoms with van der Waals surface area (Å²) in [7, 11) is 0. The number of carboxylic acid groups (broad SMARTS) is 1. The van der Waals surface area contributed by atoms with Gasteiger partial charge in [-0.1, -0.05) is 0 Å². The Balaban J connectivity index is 1.49. The van der Waals surface area contributed by atoms with E-state index in [-0.39, 0.29) is 23.0 Å². The van der Waals surface area contributed by atoms with Crippen LogP contribution in [0.15, 0.2) is 10.8 Å². The number of likely N-dealkylation sites (tertiary alicyclic amines) is 2. The van der Waals surface area contributed by atoms with Crippen molar-refractivity contribution in [3.63, 3.8) is 0 Å². The molecule has 3 fully saturated rings. The van der Waals surface area contributed by atoms with E-state index in [0.29, 0.717) is 31.7 Å². The standard InChI is InChI=1S/C18H23N3O5/c1-11-14(26-10-19-11)16(23)21-9-18(8-13(21)17(24)25)4-6-20(7-5-18)15(22)12-2-3-12/h10,12-13H,2-9H2,1H3,(H,24,25)/t13-/m1/s1. The first-order valence-corrected chi connectivity index (χ1v) is 9.13. The van der Waals surface area contributed by atoms with Crippen LogP contribution in [0.5, 0.6) is 0 Å². The van der Waals surface area contributed by atoms with E-state index in [1.807, 2.05) is 4.90 Å². The van der Waals surface area contributed by atoms with Gasteiger partial charge in [0.15, 0.2) is 6.39 Å². The van der Waals surface area contributed by atoms with Crippen LogP contribution in [-0.2, 0) is 9.59 Å². The predicted molar refractivity (Wildman–Crippen MR) is 89.3 cm³/mol. The second-order valence-corrected chi connectivity index (χ2v) is 7.86. The van der Waals surface area contributed by atoms with E-state index < -0.39 is 17.9 Å². The number of nitrogens with zero attached hydrogens (tertiary/aromatic N) is 3. The number of rotatable bonds is 3. The Labute approximate surface area is 151 Å². The summed E-state index contributed by atoms with van der Waals surface area (Å²) in [5.41, 5.74) is 0.220. The lowest BCUT2D eigenvalue weighted by Gasteiger charge is -2.39. The van der Waals surface area contributed by atoms with E-state index >= 15 is 0 Å². The van der Waals surface area contributed by atoms with Crippen LogP contribution >= 0.6 is 0 Å². The number of hydrogen-bond acceptors (Lipinski definition) is 5. The molecule has 8 heteroatoms. The number of aromatic nitrogens is 1. The maximum Gasteiger partial charge on any atom is 0.326 e. The third-order valence-electron chi connectivity index (χ3n) is 6.06. The Hall–Kier alpha value is -2.38. The number of aliphatic carboxylic acids is 1. The van der Waals surface area contributed by atoms with Crippen molar-refractivity contribution in [2.45, 2.75) is 45.1 Å². The van der Waals surface area contributed by atoms with Gasteiger partial charge in [0.25, 0.3) is 5.91 Å². The van der Waals surface area contributed by atoms with E-state index in [0.717, 1.165) is 25.7 Å². The van der Waals surface area contributed by atoms with Crippen molar-refractivity contribution in [2.24, 2.45) is 11.3 Å². The number of amides is 2. The summed E-state index contributed by atoms with van der Waals surface area (Å²) in [5.74, 6) is -0.871. The Morgan fingerprint density at radius 3 is 2.50 bits per heavy atom. The lowest BCUT2D eigenvalue weighted by atomic mass is 9.76. The molecule has 1 spiro atoms. The molecule has 0 unspecified atom stereocenters. The minimum atomic E-state index is -0.996. The molecule has 1 atom stereocenters. The summed E-state index contributed by atoms with van der Waals surface area (Å²) < 4.78 is 5.18. The topological polar surface area (TPSA) is 104 Å². The molecule has 26 heavy (non-hydrogen) atoms. The number of hydrogen-bond donors (Lipinski definition) is 1. The van der Waals surface area contributed by atoms with Crippen molar-refractivity contribution in [1.82, 2.24) is 14.8 Å². The molecule has 1 N–H and O–H groups in total. The lowest BCUT2D eigenvalue weighted by molar-refractivity contribution is -0.141. The Bertz CT molecular complexity index is 746. The van der Waals surface area contributed by atoms with Crippen LogP contribution in [0.4, 0.5) is 0 Å². The molecule has 1 aliphatic carbocycles. The second-order valence-electron chi connectivity index (χ2n) is 7.86. The van der Waals surface area contributed by atoms with Crippen LogP contribution in [0.25, 0.3) is 0 Å². The van der Waals surface area contributed by atoms with Crippen molar-refractivity contribution in [1.29, 1.82) is 0 Å². The molecule has 4 rings (SSSR count). The predicted octanol–water partition coefficient (Wildman–Crippen LogP) is 1.30. The molecule has 2 saturated heterocycles. The molecular formula is C18H23N3O5. The van der Waals surface area contributed by atoms with Crippen molar-refractivity contribution < 1.29 is 23.9 Å². The van der Waals surface area contributed by atoms with Crippen LogP contribution in [0.3, 0.4) is 0 Å². The van der Waals surface area contributed by atoms with Gasteiger partial charge < -0.3 is 19.3 Å². The highest BCUT2D eigenvalue weighted by atomic mass is 16.4. The van der Waals surface area contributed by atoms with Gasteiger partial charge in [0, 0.05) is 25.6 Å². The number of carboxylic acids is 1. The molecule has 3 heterocycles. The van der Waals surface area contributed by atoms with Crippen molar-refractivity contribution >= 4 is 17.8 Å².